The van der Waals surface area contributed by atoms with Crippen LogP contribution in [0, 0.1) is 5.92 Å². The summed E-state index contributed by atoms with van der Waals surface area (Å²) < 4.78 is 5.31. The maximum absolute atomic E-state index is 5.31. The van der Waals surface area contributed by atoms with Gasteiger partial charge in [0.2, 0.25) is 5.82 Å². The Labute approximate surface area is 184 Å². The van der Waals surface area contributed by atoms with Crippen LogP contribution in [0.4, 0.5) is 0 Å². The van der Waals surface area contributed by atoms with Crippen molar-refractivity contribution in [3.8, 4) is 11.6 Å². The highest BCUT2D eigenvalue weighted by molar-refractivity contribution is 14.0. The molecule has 0 atom stereocenters. The molecule has 1 fully saturated rings. The largest absolute Gasteiger partial charge is 0.461 e. The number of aliphatic imine (C=N–C) groups is 1. The minimum absolute atomic E-state index is 0. The number of nitrogens with one attached hydrogen (secondary N) is 3. The number of rotatable bonds is 8. The third-order valence-electron chi connectivity index (χ3n) is 4.82. The van der Waals surface area contributed by atoms with Crippen LogP contribution < -0.4 is 10.6 Å². The van der Waals surface area contributed by atoms with Crippen LogP contribution in [0.25, 0.3) is 11.6 Å². The summed E-state index contributed by atoms with van der Waals surface area (Å²) >= 11 is 0. The second kappa shape index (κ2) is 12.1. The molecule has 2 aromatic rings. The zero-order valence-corrected chi connectivity index (χ0v) is 19.1. The summed E-state index contributed by atoms with van der Waals surface area (Å²) in [5.74, 6) is 3.61. The van der Waals surface area contributed by atoms with E-state index in [1.54, 1.807) is 6.26 Å². The number of hydrogen-bond acceptors (Lipinski definition) is 5. The first kappa shape index (κ1) is 22.7. The predicted octanol–water partition coefficient (Wildman–Crippen LogP) is 2.86. The molecule has 0 spiro atoms. The molecule has 0 aliphatic carbocycles. The first-order valence-electron chi connectivity index (χ1n) is 9.94. The number of guanidine groups is 1. The molecule has 1 saturated heterocycles. The molecule has 0 radical (unpaired) electrons. The smallest absolute Gasteiger partial charge is 0.216 e. The SMILES string of the molecule is CCNC(=NCc1nc(-c2ccco2)n[nH]1)NCCCN1CCC(C)CC1.I. The second-order valence-corrected chi connectivity index (χ2v) is 7.08. The fraction of sp³-hybridized carbons (Fsp3) is 0.632. The molecule has 0 unspecified atom stereocenters. The third kappa shape index (κ3) is 7.08. The summed E-state index contributed by atoms with van der Waals surface area (Å²) in [4.78, 5) is 11.6. The molecule has 2 aromatic heterocycles. The van der Waals surface area contributed by atoms with Crippen LogP contribution in [0.3, 0.4) is 0 Å². The fourth-order valence-corrected chi connectivity index (χ4v) is 3.17. The molecule has 0 bridgehead atoms. The summed E-state index contributed by atoms with van der Waals surface area (Å²) in [6.45, 7) is 10.2. The van der Waals surface area contributed by atoms with E-state index in [2.05, 4.69) is 49.6 Å². The van der Waals surface area contributed by atoms with Crippen LogP contribution in [0.15, 0.2) is 27.8 Å². The van der Waals surface area contributed by atoms with Gasteiger partial charge in [0.05, 0.1) is 6.26 Å². The first-order valence-corrected chi connectivity index (χ1v) is 9.94. The van der Waals surface area contributed by atoms with Gasteiger partial charge in [-0.05, 0) is 63.9 Å². The van der Waals surface area contributed by atoms with Gasteiger partial charge in [0.15, 0.2) is 11.7 Å². The summed E-state index contributed by atoms with van der Waals surface area (Å²) in [7, 11) is 0. The van der Waals surface area contributed by atoms with Gasteiger partial charge in [-0.15, -0.1) is 29.1 Å². The standard InChI is InChI=1S/C19H31N7O.HI/c1-3-20-19(21-9-5-10-26-11-7-15(2)8-12-26)22-14-17-23-18(25-24-17)16-6-4-13-27-16;/h4,6,13,15H,3,5,7-12,14H2,1-2H3,(H2,20,21,22)(H,23,24,25);1H. The summed E-state index contributed by atoms with van der Waals surface area (Å²) in [6, 6.07) is 3.66. The molecule has 156 valence electrons. The number of furan rings is 1. The quantitative estimate of drug-likeness (QED) is 0.223. The predicted molar refractivity (Wildman–Crippen MR) is 122 cm³/mol. The van der Waals surface area contributed by atoms with Crippen molar-refractivity contribution < 1.29 is 4.42 Å². The van der Waals surface area contributed by atoms with Crippen molar-refractivity contribution in [2.45, 2.75) is 39.7 Å². The summed E-state index contributed by atoms with van der Waals surface area (Å²) in [5.41, 5.74) is 0. The molecule has 1 aliphatic rings. The molecule has 8 nitrogen and oxygen atoms in total. The van der Waals surface area contributed by atoms with Gasteiger partial charge in [-0.3, -0.25) is 5.10 Å². The van der Waals surface area contributed by atoms with Crippen molar-refractivity contribution >= 4 is 29.9 Å². The van der Waals surface area contributed by atoms with Crippen LogP contribution in [0.2, 0.25) is 0 Å². The maximum Gasteiger partial charge on any atom is 0.216 e. The van der Waals surface area contributed by atoms with Crippen LogP contribution in [0.1, 0.15) is 38.9 Å². The Bertz CT molecular complexity index is 693. The van der Waals surface area contributed by atoms with Gasteiger partial charge in [0, 0.05) is 13.1 Å². The molecule has 3 rings (SSSR count). The van der Waals surface area contributed by atoms with E-state index in [1.165, 1.54) is 25.9 Å². The van der Waals surface area contributed by atoms with Gasteiger partial charge in [0.25, 0.3) is 0 Å². The lowest BCUT2D eigenvalue weighted by Crippen LogP contribution is -2.39. The fourth-order valence-electron chi connectivity index (χ4n) is 3.17. The van der Waals surface area contributed by atoms with Crippen molar-refractivity contribution in [2.75, 3.05) is 32.7 Å². The van der Waals surface area contributed by atoms with E-state index in [1.807, 2.05) is 12.1 Å². The van der Waals surface area contributed by atoms with E-state index in [-0.39, 0.29) is 24.0 Å². The number of piperidine rings is 1. The molecule has 9 heteroatoms. The Balaban J connectivity index is 0.00000280. The number of nitrogens with zero attached hydrogens (tertiary/aromatic N) is 4. The summed E-state index contributed by atoms with van der Waals surface area (Å²) in [6.07, 6.45) is 5.38. The Morgan fingerprint density at radius 3 is 2.89 bits per heavy atom. The number of H-pyrrole nitrogens is 1. The zero-order chi connectivity index (χ0) is 18.9. The Hall–Kier alpha value is -1.62. The second-order valence-electron chi connectivity index (χ2n) is 7.08. The van der Waals surface area contributed by atoms with E-state index >= 15 is 0 Å². The number of aromatic nitrogens is 3. The van der Waals surface area contributed by atoms with Crippen LogP contribution in [-0.2, 0) is 6.54 Å². The topological polar surface area (TPSA) is 94.4 Å². The number of halogens is 1. The number of likely N-dealkylation sites (tertiary alicyclic amines) is 1. The third-order valence-corrected chi connectivity index (χ3v) is 4.82. The van der Waals surface area contributed by atoms with Crippen molar-refractivity contribution in [1.29, 1.82) is 0 Å². The molecule has 28 heavy (non-hydrogen) atoms. The first-order chi connectivity index (χ1) is 13.2. The van der Waals surface area contributed by atoms with E-state index in [9.17, 15) is 0 Å². The van der Waals surface area contributed by atoms with Crippen molar-refractivity contribution in [2.24, 2.45) is 10.9 Å². The van der Waals surface area contributed by atoms with E-state index in [0.29, 0.717) is 24.0 Å². The molecule has 0 amide bonds. The average molecular weight is 501 g/mol. The lowest BCUT2D eigenvalue weighted by molar-refractivity contribution is 0.191. The van der Waals surface area contributed by atoms with Crippen LogP contribution in [0.5, 0.6) is 0 Å². The summed E-state index contributed by atoms with van der Waals surface area (Å²) in [5, 5.41) is 13.8. The van der Waals surface area contributed by atoms with Crippen molar-refractivity contribution in [3.05, 3.63) is 24.2 Å². The molecular formula is C19H32IN7O. The lowest BCUT2D eigenvalue weighted by atomic mass is 9.99. The Kier molecular flexibility index (Phi) is 9.76. The van der Waals surface area contributed by atoms with Crippen molar-refractivity contribution in [3.63, 3.8) is 0 Å². The maximum atomic E-state index is 5.31. The molecule has 3 heterocycles. The van der Waals surface area contributed by atoms with Gasteiger partial charge < -0.3 is 20.0 Å². The molecule has 1 aliphatic heterocycles. The van der Waals surface area contributed by atoms with Gasteiger partial charge in [0.1, 0.15) is 12.4 Å². The number of aromatic amines is 1. The zero-order valence-electron chi connectivity index (χ0n) is 16.8. The van der Waals surface area contributed by atoms with Gasteiger partial charge >= 0.3 is 0 Å². The molecule has 0 saturated carbocycles. The molecule has 3 N–H and O–H groups in total. The molecule has 0 aromatic carbocycles. The highest BCUT2D eigenvalue weighted by Gasteiger charge is 2.14. The highest BCUT2D eigenvalue weighted by Crippen LogP contribution is 2.16. The number of hydrogen-bond donors (Lipinski definition) is 3. The van der Waals surface area contributed by atoms with Crippen LogP contribution in [-0.4, -0.2) is 58.8 Å². The Morgan fingerprint density at radius 2 is 2.18 bits per heavy atom. The van der Waals surface area contributed by atoms with E-state index in [0.717, 1.165) is 37.9 Å². The lowest BCUT2D eigenvalue weighted by Gasteiger charge is -2.30. The minimum Gasteiger partial charge on any atom is -0.461 e. The minimum atomic E-state index is 0. The van der Waals surface area contributed by atoms with Crippen molar-refractivity contribution in [1.82, 2.24) is 30.7 Å². The average Bonchev–Trinajstić information content (AvgIpc) is 3.36. The normalized spacial score (nSPS) is 16.0. The van der Waals surface area contributed by atoms with Gasteiger partial charge in [-0.2, -0.15) is 0 Å². The van der Waals surface area contributed by atoms with Gasteiger partial charge in [-0.1, -0.05) is 6.92 Å². The van der Waals surface area contributed by atoms with Gasteiger partial charge in [-0.25, -0.2) is 9.98 Å². The Morgan fingerprint density at radius 1 is 1.36 bits per heavy atom. The molecular weight excluding hydrogens is 469 g/mol. The van der Waals surface area contributed by atoms with E-state index in [4.69, 9.17) is 4.42 Å². The van der Waals surface area contributed by atoms with E-state index < -0.39 is 0 Å². The monoisotopic (exact) mass is 501 g/mol. The van der Waals surface area contributed by atoms with Crippen LogP contribution >= 0.6 is 24.0 Å². The highest BCUT2D eigenvalue weighted by atomic mass is 127.